The first-order valence-corrected chi connectivity index (χ1v) is 8.73. The lowest BCUT2D eigenvalue weighted by Crippen LogP contribution is -2.48. The van der Waals surface area contributed by atoms with Crippen molar-refractivity contribution in [2.45, 2.75) is 12.5 Å². The predicted molar refractivity (Wildman–Crippen MR) is 92.2 cm³/mol. The number of hydrogen-bond donors (Lipinski definition) is 1. The number of nitrogens with one attached hydrogen (secondary N) is 1. The van der Waals surface area contributed by atoms with Crippen LogP contribution < -0.4 is 10.1 Å². The van der Waals surface area contributed by atoms with Crippen molar-refractivity contribution in [3.63, 3.8) is 0 Å². The van der Waals surface area contributed by atoms with E-state index >= 15 is 0 Å². The molecule has 1 unspecified atom stereocenters. The maximum absolute atomic E-state index is 12.4. The Hall–Kier alpha value is -1.63. The molecule has 1 aromatic rings. The van der Waals surface area contributed by atoms with Gasteiger partial charge in [0.05, 0.1) is 26.4 Å². The van der Waals surface area contributed by atoms with Gasteiger partial charge in [-0.1, -0.05) is 18.2 Å². The van der Waals surface area contributed by atoms with Crippen LogP contribution in [0.2, 0.25) is 0 Å². The first kappa shape index (κ1) is 17.2. The van der Waals surface area contributed by atoms with Crippen LogP contribution in [0.4, 0.5) is 0 Å². The van der Waals surface area contributed by atoms with Gasteiger partial charge in [-0.3, -0.25) is 9.69 Å². The van der Waals surface area contributed by atoms with Crippen LogP contribution in [-0.4, -0.2) is 75.3 Å². The average molecular weight is 333 g/mol. The van der Waals surface area contributed by atoms with Gasteiger partial charge in [0.25, 0.3) is 0 Å². The lowest BCUT2D eigenvalue weighted by molar-refractivity contribution is -0.135. The van der Waals surface area contributed by atoms with Crippen molar-refractivity contribution >= 4 is 5.91 Å². The first-order chi connectivity index (χ1) is 11.8. The molecule has 2 aliphatic heterocycles. The average Bonchev–Trinajstić information content (AvgIpc) is 2.67. The summed E-state index contributed by atoms with van der Waals surface area (Å²) in [6, 6.07) is 8.40. The van der Waals surface area contributed by atoms with Gasteiger partial charge in [-0.15, -0.1) is 0 Å². The molecule has 2 aliphatic rings. The van der Waals surface area contributed by atoms with Crippen molar-refractivity contribution in [1.82, 2.24) is 15.1 Å². The summed E-state index contributed by atoms with van der Waals surface area (Å²) in [5.74, 6) is 1.14. The Kier molecular flexibility index (Phi) is 6.07. The molecule has 1 aromatic carbocycles. The van der Waals surface area contributed by atoms with E-state index in [1.807, 2.05) is 23.1 Å². The topological polar surface area (TPSA) is 54.0 Å². The van der Waals surface area contributed by atoms with Gasteiger partial charge in [-0.25, -0.2) is 0 Å². The summed E-state index contributed by atoms with van der Waals surface area (Å²) in [7, 11) is 1.71. The summed E-state index contributed by atoms with van der Waals surface area (Å²) in [6.45, 7) is 6.31. The van der Waals surface area contributed by atoms with Gasteiger partial charge >= 0.3 is 0 Å². The number of piperazine rings is 1. The van der Waals surface area contributed by atoms with E-state index in [0.717, 1.165) is 45.0 Å². The highest BCUT2D eigenvalue weighted by atomic mass is 16.5. The summed E-state index contributed by atoms with van der Waals surface area (Å²) in [6.07, 6.45) is 0.561. The maximum Gasteiger partial charge on any atom is 0.224 e. The Morgan fingerprint density at radius 2 is 2.08 bits per heavy atom. The minimum atomic E-state index is 0.232. The molecule has 3 rings (SSSR count). The van der Waals surface area contributed by atoms with E-state index in [0.29, 0.717) is 19.6 Å². The van der Waals surface area contributed by atoms with Crippen LogP contribution in [0, 0.1) is 0 Å². The number of morpholine rings is 1. The van der Waals surface area contributed by atoms with E-state index in [2.05, 4.69) is 16.3 Å². The van der Waals surface area contributed by atoms with Crippen molar-refractivity contribution in [2.24, 2.45) is 0 Å². The maximum atomic E-state index is 12.4. The van der Waals surface area contributed by atoms with Crippen LogP contribution in [0.5, 0.6) is 5.75 Å². The Labute approximate surface area is 143 Å². The molecule has 0 spiro atoms. The molecule has 1 N–H and O–H groups in total. The van der Waals surface area contributed by atoms with Crippen LogP contribution in [0.15, 0.2) is 24.3 Å². The number of rotatable bonds is 5. The number of amides is 1. The number of para-hydroxylation sites is 1. The lowest BCUT2D eigenvalue weighted by atomic mass is 10.0. The van der Waals surface area contributed by atoms with Crippen LogP contribution >= 0.6 is 0 Å². The number of ether oxygens (including phenoxy) is 2. The van der Waals surface area contributed by atoms with Gasteiger partial charge in [-0.2, -0.15) is 0 Å². The van der Waals surface area contributed by atoms with Gasteiger partial charge in [0.2, 0.25) is 5.91 Å². The summed E-state index contributed by atoms with van der Waals surface area (Å²) < 4.78 is 10.8. The largest absolute Gasteiger partial charge is 0.496 e. The summed E-state index contributed by atoms with van der Waals surface area (Å²) >= 11 is 0. The number of hydrogen-bond acceptors (Lipinski definition) is 5. The fourth-order valence-electron chi connectivity index (χ4n) is 3.47. The molecule has 1 atom stereocenters. The quantitative estimate of drug-likeness (QED) is 0.867. The number of nitrogens with zero attached hydrogens (tertiary/aromatic N) is 2. The van der Waals surface area contributed by atoms with E-state index in [4.69, 9.17) is 9.47 Å². The number of methoxy groups -OCH3 is 1. The smallest absolute Gasteiger partial charge is 0.224 e. The van der Waals surface area contributed by atoms with E-state index in [9.17, 15) is 4.79 Å². The van der Waals surface area contributed by atoms with Gasteiger partial charge < -0.3 is 19.7 Å². The number of carbonyl (C=O) groups is 1. The van der Waals surface area contributed by atoms with Crippen LogP contribution in [0.25, 0.3) is 0 Å². The summed E-state index contributed by atoms with van der Waals surface area (Å²) in [4.78, 5) is 16.7. The minimum absolute atomic E-state index is 0.232. The molecule has 0 aliphatic carbocycles. The van der Waals surface area contributed by atoms with Crippen LogP contribution in [0.3, 0.4) is 0 Å². The van der Waals surface area contributed by atoms with E-state index in [1.165, 1.54) is 5.56 Å². The summed E-state index contributed by atoms with van der Waals surface area (Å²) in [5, 5.41) is 3.46. The molecule has 0 bridgehead atoms. The molecule has 2 saturated heterocycles. The van der Waals surface area contributed by atoms with Gasteiger partial charge in [-0.05, 0) is 6.07 Å². The normalized spacial score (nSPS) is 22.4. The highest BCUT2D eigenvalue weighted by molar-refractivity contribution is 5.76. The molecular formula is C18H27N3O3. The second-order valence-corrected chi connectivity index (χ2v) is 6.24. The Balaban J connectivity index is 1.63. The molecule has 132 valence electrons. The summed E-state index contributed by atoms with van der Waals surface area (Å²) in [5.41, 5.74) is 1.19. The second-order valence-electron chi connectivity index (χ2n) is 6.24. The lowest BCUT2D eigenvalue weighted by Gasteiger charge is -2.37. The fourth-order valence-corrected chi connectivity index (χ4v) is 3.47. The molecule has 0 saturated carbocycles. The third kappa shape index (κ3) is 4.06. The monoisotopic (exact) mass is 333 g/mol. The number of carbonyl (C=O) groups excluding carboxylic acids is 1. The molecule has 6 nitrogen and oxygen atoms in total. The molecular weight excluding hydrogens is 306 g/mol. The van der Waals surface area contributed by atoms with E-state index < -0.39 is 0 Å². The van der Waals surface area contributed by atoms with Crippen molar-refractivity contribution in [2.75, 3.05) is 59.6 Å². The number of benzene rings is 1. The predicted octanol–water partition coefficient (Wildman–Crippen LogP) is 0.890. The minimum Gasteiger partial charge on any atom is -0.496 e. The molecule has 2 fully saturated rings. The van der Waals surface area contributed by atoms with Crippen molar-refractivity contribution in [3.05, 3.63) is 29.8 Å². The SMILES string of the molecule is COc1ccccc1C1CNCCN1CCC(=O)N1CCOCC1. The third-order valence-corrected chi connectivity index (χ3v) is 4.83. The van der Waals surface area contributed by atoms with E-state index in [-0.39, 0.29) is 11.9 Å². The zero-order valence-electron chi connectivity index (χ0n) is 14.4. The zero-order chi connectivity index (χ0) is 16.8. The van der Waals surface area contributed by atoms with E-state index in [1.54, 1.807) is 7.11 Å². The Morgan fingerprint density at radius 3 is 2.88 bits per heavy atom. The second kappa shape index (κ2) is 8.46. The zero-order valence-corrected chi connectivity index (χ0v) is 14.4. The van der Waals surface area contributed by atoms with Crippen molar-refractivity contribution in [1.29, 1.82) is 0 Å². The highest BCUT2D eigenvalue weighted by Gasteiger charge is 2.27. The highest BCUT2D eigenvalue weighted by Crippen LogP contribution is 2.30. The first-order valence-electron chi connectivity index (χ1n) is 8.73. The standard InChI is InChI=1S/C18H27N3O3/c1-23-17-5-3-2-4-15(17)16-14-19-7-9-20(16)8-6-18(22)21-10-12-24-13-11-21/h2-5,16,19H,6-14H2,1H3. The van der Waals surface area contributed by atoms with Gasteiger partial charge in [0.15, 0.2) is 0 Å². The molecule has 24 heavy (non-hydrogen) atoms. The van der Waals surface area contributed by atoms with Gasteiger partial charge in [0, 0.05) is 51.3 Å². The van der Waals surface area contributed by atoms with Gasteiger partial charge in [0.1, 0.15) is 5.75 Å². The Bertz CT molecular complexity index is 546. The molecule has 1 amide bonds. The Morgan fingerprint density at radius 1 is 1.29 bits per heavy atom. The molecule has 0 radical (unpaired) electrons. The van der Waals surface area contributed by atoms with Crippen molar-refractivity contribution < 1.29 is 14.3 Å². The third-order valence-electron chi connectivity index (χ3n) is 4.83. The molecule has 6 heteroatoms. The fraction of sp³-hybridized carbons (Fsp3) is 0.611. The molecule has 0 aromatic heterocycles. The van der Waals surface area contributed by atoms with Crippen molar-refractivity contribution in [3.8, 4) is 5.75 Å². The van der Waals surface area contributed by atoms with Crippen LogP contribution in [0.1, 0.15) is 18.0 Å². The van der Waals surface area contributed by atoms with Crippen LogP contribution in [-0.2, 0) is 9.53 Å². The molecule has 2 heterocycles.